The van der Waals surface area contributed by atoms with E-state index >= 15 is 0 Å². The lowest BCUT2D eigenvalue weighted by atomic mass is 10.3. The lowest BCUT2D eigenvalue weighted by Gasteiger charge is -1.86. The van der Waals surface area contributed by atoms with Crippen LogP contribution in [0.3, 0.4) is 0 Å². The highest BCUT2D eigenvalue weighted by atomic mass is 35.5. The van der Waals surface area contributed by atoms with Crippen LogP contribution in [0.1, 0.15) is 0 Å². The minimum absolute atomic E-state index is 0.681. The molecular weight excluding hydrogens is 218 g/mol. The number of hydrogen-bond acceptors (Lipinski definition) is 3. The summed E-state index contributed by atoms with van der Waals surface area (Å²) in [5.74, 6) is 0.774. The van der Waals surface area contributed by atoms with Crippen molar-refractivity contribution in [3.63, 3.8) is 0 Å². The van der Waals surface area contributed by atoms with Crippen LogP contribution < -0.4 is 0 Å². The topological polar surface area (TPSA) is 26.0 Å². The number of fused-ring (bicyclic) bond motifs is 1. The van der Waals surface area contributed by atoms with Crippen molar-refractivity contribution in [2.45, 2.75) is 5.22 Å². The first-order valence-electron chi connectivity index (χ1n) is 4.14. The van der Waals surface area contributed by atoms with Gasteiger partial charge in [0.25, 0.3) is 5.22 Å². The number of thioether (sulfide) groups is 1. The average molecular weight is 226 g/mol. The maximum atomic E-state index is 5.49. The standard InChI is InChI=1S/C10H8ClNOS/c11-6-3-7-14-10-12-8-4-1-2-5-9(8)13-10/h1-6H,7H2. The zero-order chi connectivity index (χ0) is 9.80. The number of aromatic nitrogens is 1. The summed E-state index contributed by atoms with van der Waals surface area (Å²) in [5.41, 5.74) is 3.21. The molecule has 2 rings (SSSR count). The van der Waals surface area contributed by atoms with Gasteiger partial charge in [-0.3, -0.25) is 0 Å². The highest BCUT2D eigenvalue weighted by molar-refractivity contribution is 7.99. The summed E-state index contributed by atoms with van der Waals surface area (Å²) in [4.78, 5) is 4.30. The molecule has 0 atom stereocenters. The van der Waals surface area contributed by atoms with Crippen LogP contribution in [0.15, 0.2) is 45.5 Å². The minimum atomic E-state index is 0.681. The van der Waals surface area contributed by atoms with Crippen molar-refractivity contribution < 1.29 is 4.42 Å². The van der Waals surface area contributed by atoms with Gasteiger partial charge in [-0.25, -0.2) is 4.98 Å². The van der Waals surface area contributed by atoms with E-state index in [9.17, 15) is 0 Å². The molecular formula is C10H8ClNOS. The SMILES string of the molecule is ClC=CCSc1nc2ccccc2o1. The number of nitrogens with zero attached hydrogens (tertiary/aromatic N) is 1. The maximum Gasteiger partial charge on any atom is 0.257 e. The predicted octanol–water partition coefficient (Wildman–Crippen LogP) is 3.67. The highest BCUT2D eigenvalue weighted by Gasteiger charge is 2.03. The molecule has 0 spiro atoms. The van der Waals surface area contributed by atoms with Crippen LogP contribution in [0.4, 0.5) is 0 Å². The van der Waals surface area contributed by atoms with Gasteiger partial charge >= 0.3 is 0 Å². The smallest absolute Gasteiger partial charge is 0.257 e. The van der Waals surface area contributed by atoms with E-state index in [0.717, 1.165) is 16.9 Å². The van der Waals surface area contributed by atoms with Gasteiger partial charge in [-0.2, -0.15) is 0 Å². The Labute approximate surface area is 91.0 Å². The van der Waals surface area contributed by atoms with Gasteiger partial charge in [0.2, 0.25) is 0 Å². The summed E-state index contributed by atoms with van der Waals surface area (Å²) in [7, 11) is 0. The number of rotatable bonds is 3. The molecule has 2 aromatic rings. The molecule has 0 unspecified atom stereocenters. The van der Waals surface area contributed by atoms with Crippen molar-refractivity contribution in [2.75, 3.05) is 5.75 Å². The molecule has 0 amide bonds. The normalized spacial score (nSPS) is 11.5. The monoisotopic (exact) mass is 225 g/mol. The Bertz CT molecular complexity index is 419. The molecule has 0 radical (unpaired) electrons. The van der Waals surface area contributed by atoms with Crippen LogP contribution >= 0.6 is 23.4 Å². The van der Waals surface area contributed by atoms with Crippen molar-refractivity contribution in [3.8, 4) is 0 Å². The Morgan fingerprint density at radius 2 is 2.29 bits per heavy atom. The van der Waals surface area contributed by atoms with Gasteiger partial charge in [0, 0.05) is 11.3 Å². The lowest BCUT2D eigenvalue weighted by molar-refractivity contribution is 0.490. The summed E-state index contributed by atoms with van der Waals surface area (Å²) in [6.07, 6.45) is 1.85. The van der Waals surface area contributed by atoms with Gasteiger partial charge in [0.15, 0.2) is 5.58 Å². The zero-order valence-electron chi connectivity index (χ0n) is 7.31. The Balaban J connectivity index is 2.18. The Kier molecular flexibility index (Phi) is 3.11. The van der Waals surface area contributed by atoms with Crippen molar-refractivity contribution in [3.05, 3.63) is 35.9 Å². The summed E-state index contributed by atoms with van der Waals surface area (Å²) < 4.78 is 5.49. The van der Waals surface area contributed by atoms with Crippen molar-refractivity contribution in [1.82, 2.24) is 4.98 Å². The molecule has 0 N–H and O–H groups in total. The third kappa shape index (κ3) is 2.11. The minimum Gasteiger partial charge on any atom is -0.431 e. The summed E-state index contributed by atoms with van der Waals surface area (Å²) >= 11 is 6.92. The first-order valence-corrected chi connectivity index (χ1v) is 5.56. The lowest BCUT2D eigenvalue weighted by Crippen LogP contribution is -1.71. The fourth-order valence-corrected chi connectivity index (χ4v) is 1.91. The van der Waals surface area contributed by atoms with Gasteiger partial charge in [0.1, 0.15) is 5.52 Å². The Morgan fingerprint density at radius 1 is 1.43 bits per heavy atom. The molecule has 0 aliphatic rings. The maximum absolute atomic E-state index is 5.49. The van der Waals surface area contributed by atoms with Crippen LogP contribution in [0.2, 0.25) is 0 Å². The third-order valence-corrected chi connectivity index (χ3v) is 2.63. The number of hydrogen-bond donors (Lipinski definition) is 0. The van der Waals surface area contributed by atoms with Crippen LogP contribution in [0.5, 0.6) is 0 Å². The van der Waals surface area contributed by atoms with Crippen molar-refractivity contribution >= 4 is 34.5 Å². The van der Waals surface area contributed by atoms with Crippen molar-refractivity contribution in [1.29, 1.82) is 0 Å². The quantitative estimate of drug-likeness (QED) is 0.746. The van der Waals surface area contributed by atoms with Crippen LogP contribution in [0.25, 0.3) is 11.1 Å². The molecule has 72 valence electrons. The van der Waals surface area contributed by atoms with Crippen LogP contribution in [-0.4, -0.2) is 10.7 Å². The molecule has 14 heavy (non-hydrogen) atoms. The summed E-state index contributed by atoms with van der Waals surface area (Å²) in [6, 6.07) is 7.71. The number of benzene rings is 1. The van der Waals surface area contributed by atoms with Gasteiger partial charge in [-0.05, 0) is 12.1 Å². The zero-order valence-corrected chi connectivity index (χ0v) is 8.89. The number of para-hydroxylation sites is 2. The molecule has 1 aromatic heterocycles. The molecule has 0 fully saturated rings. The van der Waals surface area contributed by atoms with E-state index in [1.807, 2.05) is 30.3 Å². The second-order valence-electron chi connectivity index (χ2n) is 2.62. The second kappa shape index (κ2) is 4.53. The van der Waals surface area contributed by atoms with Gasteiger partial charge in [-0.1, -0.05) is 41.6 Å². The molecule has 1 heterocycles. The predicted molar refractivity (Wildman–Crippen MR) is 59.7 cm³/mol. The van der Waals surface area contributed by atoms with E-state index in [2.05, 4.69) is 4.98 Å². The second-order valence-corrected chi connectivity index (χ2v) is 3.84. The highest BCUT2D eigenvalue weighted by Crippen LogP contribution is 2.22. The summed E-state index contributed by atoms with van der Waals surface area (Å²) in [5, 5.41) is 0.681. The fraction of sp³-hybridized carbons (Fsp3) is 0.100. The van der Waals surface area contributed by atoms with Crippen molar-refractivity contribution in [2.24, 2.45) is 0 Å². The fourth-order valence-electron chi connectivity index (χ4n) is 1.07. The van der Waals surface area contributed by atoms with E-state index in [-0.39, 0.29) is 0 Å². The van der Waals surface area contributed by atoms with E-state index in [1.165, 1.54) is 17.3 Å². The van der Waals surface area contributed by atoms with Gasteiger partial charge in [-0.15, -0.1) is 0 Å². The van der Waals surface area contributed by atoms with Gasteiger partial charge in [0.05, 0.1) is 0 Å². The Morgan fingerprint density at radius 3 is 3.07 bits per heavy atom. The third-order valence-electron chi connectivity index (χ3n) is 1.67. The molecule has 4 heteroatoms. The molecule has 2 nitrogen and oxygen atoms in total. The van der Waals surface area contributed by atoms with Gasteiger partial charge < -0.3 is 4.42 Å². The van der Waals surface area contributed by atoms with Crippen LogP contribution in [0, 0.1) is 0 Å². The first kappa shape index (κ1) is 9.62. The first-order chi connectivity index (χ1) is 6.90. The summed E-state index contributed by atoms with van der Waals surface area (Å²) in [6.45, 7) is 0. The largest absolute Gasteiger partial charge is 0.431 e. The Hall–Kier alpha value is -0.930. The molecule has 0 aliphatic carbocycles. The average Bonchev–Trinajstić information content (AvgIpc) is 2.60. The van der Waals surface area contributed by atoms with E-state index in [0.29, 0.717) is 5.22 Å². The number of oxazole rings is 1. The van der Waals surface area contributed by atoms with Crippen LogP contribution in [-0.2, 0) is 0 Å². The van der Waals surface area contributed by atoms with E-state index < -0.39 is 0 Å². The van der Waals surface area contributed by atoms with E-state index in [4.69, 9.17) is 16.0 Å². The molecule has 0 aliphatic heterocycles. The van der Waals surface area contributed by atoms with E-state index in [1.54, 1.807) is 0 Å². The molecule has 0 saturated heterocycles. The molecule has 0 saturated carbocycles. The molecule has 1 aromatic carbocycles. The molecule has 0 bridgehead atoms. The number of halogens is 1.